The van der Waals surface area contributed by atoms with Crippen molar-refractivity contribution < 1.29 is 4.39 Å². The largest absolute Gasteiger partial charge is 0.379 e. The van der Waals surface area contributed by atoms with Crippen molar-refractivity contribution in [3.63, 3.8) is 0 Å². The van der Waals surface area contributed by atoms with E-state index in [2.05, 4.69) is 5.32 Å². The van der Waals surface area contributed by atoms with Crippen LogP contribution in [0, 0.1) is 17.1 Å². The molecule has 0 saturated carbocycles. The van der Waals surface area contributed by atoms with E-state index in [1.54, 1.807) is 12.1 Å². The van der Waals surface area contributed by atoms with E-state index in [0.29, 0.717) is 17.8 Å². The normalized spacial score (nSPS) is 9.90. The van der Waals surface area contributed by atoms with Gasteiger partial charge in [-0.05, 0) is 35.9 Å². The van der Waals surface area contributed by atoms with Crippen LogP contribution in [-0.4, -0.2) is 14.1 Å². The molecule has 0 atom stereocenters. The van der Waals surface area contributed by atoms with Crippen LogP contribution >= 0.6 is 0 Å². The average Bonchev–Trinajstić information content (AvgIpc) is 2.46. The topological polar surface area (TPSA) is 39.1 Å². The monoisotopic (exact) mass is 269 g/mol. The SMILES string of the molecule is CN(C)c1ccc(CNc2ccc(C#N)cc2F)cc1. The molecule has 0 saturated heterocycles. The molecule has 0 heterocycles. The Morgan fingerprint density at radius 3 is 2.40 bits per heavy atom. The lowest BCUT2D eigenvalue weighted by Crippen LogP contribution is -2.08. The van der Waals surface area contributed by atoms with Gasteiger partial charge in [0.1, 0.15) is 5.82 Å². The predicted octanol–water partition coefficient (Wildman–Crippen LogP) is 3.38. The fourth-order valence-corrected chi connectivity index (χ4v) is 1.84. The van der Waals surface area contributed by atoms with E-state index >= 15 is 0 Å². The number of nitrogens with zero attached hydrogens (tertiary/aromatic N) is 2. The number of nitrogens with one attached hydrogen (secondary N) is 1. The highest BCUT2D eigenvalue weighted by molar-refractivity contribution is 5.50. The van der Waals surface area contributed by atoms with Crippen molar-refractivity contribution >= 4 is 11.4 Å². The van der Waals surface area contributed by atoms with E-state index in [1.807, 2.05) is 49.3 Å². The maximum Gasteiger partial charge on any atom is 0.147 e. The number of rotatable bonds is 4. The molecule has 3 nitrogen and oxygen atoms in total. The molecule has 0 amide bonds. The van der Waals surface area contributed by atoms with Crippen molar-refractivity contribution in [3.8, 4) is 6.07 Å². The second kappa shape index (κ2) is 6.07. The van der Waals surface area contributed by atoms with Crippen LogP contribution in [0.25, 0.3) is 0 Å². The predicted molar refractivity (Wildman–Crippen MR) is 79.2 cm³/mol. The molecule has 0 spiro atoms. The zero-order chi connectivity index (χ0) is 14.5. The highest BCUT2D eigenvalue weighted by Gasteiger charge is 2.03. The van der Waals surface area contributed by atoms with Crippen LogP contribution in [0.15, 0.2) is 42.5 Å². The zero-order valence-electron chi connectivity index (χ0n) is 11.5. The average molecular weight is 269 g/mol. The molecule has 0 fully saturated rings. The number of halogens is 1. The molecule has 0 bridgehead atoms. The first kappa shape index (κ1) is 13.9. The Bertz CT molecular complexity index is 627. The van der Waals surface area contributed by atoms with Gasteiger partial charge in [0.05, 0.1) is 17.3 Å². The van der Waals surface area contributed by atoms with Gasteiger partial charge in [-0.15, -0.1) is 0 Å². The van der Waals surface area contributed by atoms with E-state index in [0.717, 1.165) is 11.3 Å². The van der Waals surface area contributed by atoms with E-state index in [9.17, 15) is 4.39 Å². The van der Waals surface area contributed by atoms with Crippen molar-refractivity contribution in [2.45, 2.75) is 6.54 Å². The first-order valence-electron chi connectivity index (χ1n) is 6.30. The molecular weight excluding hydrogens is 253 g/mol. The summed E-state index contributed by atoms with van der Waals surface area (Å²) in [6.45, 7) is 0.538. The number of benzene rings is 2. The minimum absolute atomic E-state index is 0.323. The lowest BCUT2D eigenvalue weighted by atomic mass is 10.1. The Balaban J connectivity index is 2.03. The van der Waals surface area contributed by atoms with Gasteiger partial charge in [-0.3, -0.25) is 0 Å². The van der Waals surface area contributed by atoms with Gasteiger partial charge in [-0.2, -0.15) is 5.26 Å². The standard InChI is InChI=1S/C16H16FN3/c1-20(2)14-6-3-12(4-7-14)11-19-16-8-5-13(10-18)9-15(16)17/h3-9,19H,11H2,1-2H3. The molecular formula is C16H16FN3. The molecule has 2 aromatic rings. The van der Waals surface area contributed by atoms with Crippen LogP contribution in [0.5, 0.6) is 0 Å². The summed E-state index contributed by atoms with van der Waals surface area (Å²) < 4.78 is 13.7. The lowest BCUT2D eigenvalue weighted by molar-refractivity contribution is 0.629. The third-order valence-electron chi connectivity index (χ3n) is 3.03. The van der Waals surface area contributed by atoms with Crippen LogP contribution in [0.2, 0.25) is 0 Å². The fraction of sp³-hybridized carbons (Fsp3) is 0.188. The van der Waals surface area contributed by atoms with Crippen molar-refractivity contribution in [1.82, 2.24) is 0 Å². The Kier molecular flexibility index (Phi) is 4.21. The van der Waals surface area contributed by atoms with Gasteiger partial charge in [0.2, 0.25) is 0 Å². The highest BCUT2D eigenvalue weighted by atomic mass is 19.1. The number of nitriles is 1. The molecule has 0 aliphatic heterocycles. The van der Waals surface area contributed by atoms with Gasteiger partial charge in [0.25, 0.3) is 0 Å². The van der Waals surface area contributed by atoms with Crippen molar-refractivity contribution in [2.75, 3.05) is 24.3 Å². The number of hydrogen-bond acceptors (Lipinski definition) is 3. The summed E-state index contributed by atoms with van der Waals surface area (Å²) in [5.74, 6) is -0.408. The van der Waals surface area contributed by atoms with Gasteiger partial charge in [0.15, 0.2) is 0 Å². The van der Waals surface area contributed by atoms with Crippen LogP contribution < -0.4 is 10.2 Å². The molecule has 2 rings (SSSR count). The maximum atomic E-state index is 13.7. The van der Waals surface area contributed by atoms with E-state index in [1.165, 1.54) is 6.07 Å². The molecule has 1 N–H and O–H groups in total. The molecule has 0 unspecified atom stereocenters. The Labute approximate surface area is 118 Å². The summed E-state index contributed by atoms with van der Waals surface area (Å²) in [7, 11) is 3.97. The van der Waals surface area contributed by atoms with Crippen molar-refractivity contribution in [3.05, 3.63) is 59.4 Å². The Morgan fingerprint density at radius 2 is 1.85 bits per heavy atom. The summed E-state index contributed by atoms with van der Waals surface area (Å²) in [6.07, 6.45) is 0. The molecule has 4 heteroatoms. The van der Waals surface area contributed by atoms with Crippen LogP contribution in [-0.2, 0) is 6.54 Å². The third-order valence-corrected chi connectivity index (χ3v) is 3.03. The van der Waals surface area contributed by atoms with Gasteiger partial charge < -0.3 is 10.2 Å². The van der Waals surface area contributed by atoms with E-state index in [-0.39, 0.29) is 0 Å². The van der Waals surface area contributed by atoms with Gasteiger partial charge in [-0.25, -0.2) is 4.39 Å². The summed E-state index contributed by atoms with van der Waals surface area (Å²) in [5.41, 5.74) is 2.92. The smallest absolute Gasteiger partial charge is 0.147 e. The summed E-state index contributed by atoms with van der Waals surface area (Å²) >= 11 is 0. The summed E-state index contributed by atoms with van der Waals surface area (Å²) in [5, 5.41) is 11.7. The maximum absolute atomic E-state index is 13.7. The summed E-state index contributed by atoms with van der Waals surface area (Å²) in [6, 6.07) is 14.4. The van der Waals surface area contributed by atoms with Crippen LogP contribution in [0.3, 0.4) is 0 Å². The van der Waals surface area contributed by atoms with E-state index < -0.39 is 5.82 Å². The highest BCUT2D eigenvalue weighted by Crippen LogP contribution is 2.17. The lowest BCUT2D eigenvalue weighted by Gasteiger charge is -2.13. The Hall–Kier alpha value is -2.54. The molecule has 0 radical (unpaired) electrons. The second-order valence-electron chi connectivity index (χ2n) is 4.72. The van der Waals surface area contributed by atoms with Crippen LogP contribution in [0.4, 0.5) is 15.8 Å². The van der Waals surface area contributed by atoms with Crippen molar-refractivity contribution in [1.29, 1.82) is 5.26 Å². The fourth-order valence-electron chi connectivity index (χ4n) is 1.84. The minimum Gasteiger partial charge on any atom is -0.379 e. The summed E-state index contributed by atoms with van der Waals surface area (Å²) in [4.78, 5) is 2.03. The third kappa shape index (κ3) is 3.27. The molecule has 102 valence electrons. The van der Waals surface area contributed by atoms with Crippen molar-refractivity contribution in [2.24, 2.45) is 0 Å². The van der Waals surface area contributed by atoms with E-state index in [4.69, 9.17) is 5.26 Å². The molecule has 0 aliphatic rings. The molecule has 0 aliphatic carbocycles. The molecule has 20 heavy (non-hydrogen) atoms. The number of anilines is 2. The first-order valence-corrected chi connectivity index (χ1v) is 6.30. The number of hydrogen-bond donors (Lipinski definition) is 1. The first-order chi connectivity index (χ1) is 9.60. The zero-order valence-corrected chi connectivity index (χ0v) is 11.5. The Morgan fingerprint density at radius 1 is 1.15 bits per heavy atom. The van der Waals surface area contributed by atoms with Gasteiger partial charge in [0, 0.05) is 26.3 Å². The second-order valence-corrected chi connectivity index (χ2v) is 4.72. The van der Waals surface area contributed by atoms with Crippen LogP contribution in [0.1, 0.15) is 11.1 Å². The quantitative estimate of drug-likeness (QED) is 0.924. The minimum atomic E-state index is -0.408. The molecule has 2 aromatic carbocycles. The molecule has 0 aromatic heterocycles. The van der Waals surface area contributed by atoms with Gasteiger partial charge in [-0.1, -0.05) is 12.1 Å². The van der Waals surface area contributed by atoms with Gasteiger partial charge >= 0.3 is 0 Å².